The number of nitro groups is 1. The Morgan fingerprint density at radius 1 is 1.09 bits per heavy atom. The van der Waals surface area contributed by atoms with Crippen LogP contribution in [0.4, 0.5) is 17.3 Å². The van der Waals surface area contributed by atoms with Crippen LogP contribution in [-0.4, -0.2) is 31.0 Å². The number of hydrogen-bond donors (Lipinski definition) is 1. The first-order valence-electron chi connectivity index (χ1n) is 10.3. The highest BCUT2D eigenvalue weighted by molar-refractivity contribution is 7.99. The molecule has 0 bridgehead atoms. The lowest BCUT2D eigenvalue weighted by molar-refractivity contribution is -0.384. The number of ether oxygens (including phenoxy) is 1. The van der Waals surface area contributed by atoms with Crippen molar-refractivity contribution in [2.45, 2.75) is 35.4 Å². The van der Waals surface area contributed by atoms with Crippen LogP contribution in [0.2, 0.25) is 0 Å². The van der Waals surface area contributed by atoms with Crippen molar-refractivity contribution < 1.29 is 9.66 Å². The Balaban J connectivity index is 1.56. The van der Waals surface area contributed by atoms with Gasteiger partial charge in [0.2, 0.25) is 5.95 Å². The van der Waals surface area contributed by atoms with Crippen molar-refractivity contribution in [1.29, 1.82) is 0 Å². The molecule has 2 aromatic heterocycles. The van der Waals surface area contributed by atoms with E-state index in [2.05, 4.69) is 15.3 Å². The highest BCUT2D eigenvalue weighted by Gasteiger charge is 2.25. The fourth-order valence-corrected chi connectivity index (χ4v) is 4.50. The summed E-state index contributed by atoms with van der Waals surface area (Å²) in [5.41, 5.74) is 2.09. The highest BCUT2D eigenvalue weighted by atomic mass is 32.2. The first-order chi connectivity index (χ1) is 15.7. The maximum absolute atomic E-state index is 11.0. The minimum atomic E-state index is -0.419. The zero-order chi connectivity index (χ0) is 21.9. The Kier molecular flexibility index (Phi) is 5.70. The van der Waals surface area contributed by atoms with E-state index in [0.717, 1.165) is 29.2 Å². The van der Waals surface area contributed by atoms with E-state index in [-0.39, 0.29) is 11.9 Å². The summed E-state index contributed by atoms with van der Waals surface area (Å²) in [5, 5.41) is 15.0. The van der Waals surface area contributed by atoms with Crippen LogP contribution in [0.15, 0.2) is 70.8 Å². The van der Waals surface area contributed by atoms with E-state index in [1.807, 2.05) is 34.9 Å². The van der Waals surface area contributed by atoms with Gasteiger partial charge in [0.15, 0.2) is 5.65 Å². The quantitative estimate of drug-likeness (QED) is 0.240. The lowest BCUT2D eigenvalue weighted by Gasteiger charge is -2.25. The minimum Gasteiger partial charge on any atom is -0.358 e. The van der Waals surface area contributed by atoms with Crippen molar-refractivity contribution in [2.75, 3.05) is 11.9 Å². The third-order valence-electron chi connectivity index (χ3n) is 5.18. The number of nitrogens with one attached hydrogen (secondary N) is 1. The van der Waals surface area contributed by atoms with E-state index in [1.165, 1.54) is 23.9 Å². The number of nitro benzene ring substituents is 1. The van der Waals surface area contributed by atoms with Gasteiger partial charge in [0.1, 0.15) is 23.1 Å². The van der Waals surface area contributed by atoms with Crippen LogP contribution in [0.5, 0.6) is 0 Å². The molecular weight excluding hydrogens is 428 g/mol. The SMILES string of the molecule is O=[N+]([O-])c1ccc(Nc2nc3c(Sc4ccccc4)ncnc3n2C2CCCCO2)cc1. The van der Waals surface area contributed by atoms with Crippen molar-refractivity contribution in [3.8, 4) is 0 Å². The molecular formula is C22H20N6O3S. The van der Waals surface area contributed by atoms with E-state index >= 15 is 0 Å². The summed E-state index contributed by atoms with van der Waals surface area (Å²) in [5.74, 6) is 0.566. The average Bonchev–Trinajstić information content (AvgIpc) is 3.19. The molecule has 1 unspecified atom stereocenters. The monoisotopic (exact) mass is 448 g/mol. The molecule has 4 aromatic rings. The Labute approximate surface area is 188 Å². The molecule has 1 aliphatic rings. The van der Waals surface area contributed by atoms with Crippen molar-refractivity contribution >= 4 is 40.2 Å². The number of fused-ring (bicyclic) bond motifs is 1. The van der Waals surface area contributed by atoms with Crippen LogP contribution in [0.3, 0.4) is 0 Å². The first kappa shape index (κ1) is 20.4. The molecule has 0 amide bonds. The lowest BCUT2D eigenvalue weighted by Crippen LogP contribution is -2.19. The normalized spacial score (nSPS) is 16.2. The summed E-state index contributed by atoms with van der Waals surface area (Å²) < 4.78 is 8.01. The number of aromatic nitrogens is 4. The molecule has 5 rings (SSSR count). The molecule has 9 nitrogen and oxygen atoms in total. The van der Waals surface area contributed by atoms with E-state index in [0.29, 0.717) is 29.4 Å². The molecule has 0 saturated carbocycles. The number of benzene rings is 2. The fraction of sp³-hybridized carbons (Fsp3) is 0.227. The van der Waals surface area contributed by atoms with Crippen molar-refractivity contribution in [1.82, 2.24) is 19.5 Å². The van der Waals surface area contributed by atoms with Crippen LogP contribution in [0.25, 0.3) is 11.2 Å². The second-order valence-corrected chi connectivity index (χ2v) is 8.38. The molecule has 1 saturated heterocycles. The van der Waals surface area contributed by atoms with Crippen molar-refractivity contribution in [3.05, 3.63) is 71.0 Å². The lowest BCUT2D eigenvalue weighted by atomic mass is 10.2. The minimum absolute atomic E-state index is 0.0343. The molecule has 3 heterocycles. The van der Waals surface area contributed by atoms with Crippen molar-refractivity contribution in [2.24, 2.45) is 0 Å². The Hall–Kier alpha value is -3.50. The molecule has 1 atom stereocenters. The number of hydrogen-bond acceptors (Lipinski definition) is 8. The fourth-order valence-electron chi connectivity index (χ4n) is 3.65. The maximum Gasteiger partial charge on any atom is 0.269 e. The zero-order valence-corrected chi connectivity index (χ0v) is 17.9. The van der Waals surface area contributed by atoms with Crippen LogP contribution in [-0.2, 0) is 4.74 Å². The molecule has 2 aromatic carbocycles. The zero-order valence-electron chi connectivity index (χ0n) is 17.0. The van der Waals surface area contributed by atoms with Crippen molar-refractivity contribution in [3.63, 3.8) is 0 Å². The summed E-state index contributed by atoms with van der Waals surface area (Å²) in [7, 11) is 0. The standard InChI is InChI=1S/C22H20N6O3S/c29-28(30)16-11-9-15(10-12-16)25-22-26-19-20(27(22)18-8-4-5-13-31-18)23-14-24-21(19)32-17-6-2-1-3-7-17/h1-3,6-7,9-12,14,18H,4-5,8,13H2,(H,25,26). The molecule has 1 N–H and O–H groups in total. The molecule has 10 heteroatoms. The number of anilines is 2. The van der Waals surface area contributed by atoms with Gasteiger partial charge in [-0.3, -0.25) is 14.7 Å². The first-order valence-corrected chi connectivity index (χ1v) is 11.1. The topological polar surface area (TPSA) is 108 Å². The molecule has 162 valence electrons. The Morgan fingerprint density at radius 2 is 1.91 bits per heavy atom. The van der Waals surface area contributed by atoms with Gasteiger partial charge < -0.3 is 10.1 Å². The number of imidazole rings is 1. The van der Waals surface area contributed by atoms with Gasteiger partial charge in [-0.05, 0) is 43.5 Å². The predicted molar refractivity (Wildman–Crippen MR) is 121 cm³/mol. The molecule has 0 spiro atoms. The van der Waals surface area contributed by atoms with Gasteiger partial charge in [-0.15, -0.1) is 0 Å². The molecule has 1 fully saturated rings. The van der Waals surface area contributed by atoms with Crippen LogP contribution < -0.4 is 5.32 Å². The smallest absolute Gasteiger partial charge is 0.269 e. The molecule has 32 heavy (non-hydrogen) atoms. The summed E-state index contributed by atoms with van der Waals surface area (Å²) in [6, 6.07) is 16.2. The molecule has 0 aliphatic carbocycles. The third-order valence-corrected chi connectivity index (χ3v) is 6.18. The highest BCUT2D eigenvalue weighted by Crippen LogP contribution is 2.36. The predicted octanol–water partition coefficient (Wildman–Crippen LogP) is 5.33. The van der Waals surface area contributed by atoms with E-state index in [9.17, 15) is 10.1 Å². The number of nitrogens with zero attached hydrogens (tertiary/aromatic N) is 5. The van der Waals surface area contributed by atoms with E-state index in [4.69, 9.17) is 9.72 Å². The number of rotatable bonds is 6. The van der Waals surface area contributed by atoms with Gasteiger partial charge in [0, 0.05) is 29.3 Å². The number of non-ortho nitro benzene ring substituents is 1. The van der Waals surface area contributed by atoms with Gasteiger partial charge in [-0.2, -0.15) is 0 Å². The largest absolute Gasteiger partial charge is 0.358 e. The maximum atomic E-state index is 11.0. The molecule has 1 aliphatic heterocycles. The average molecular weight is 449 g/mol. The van der Waals surface area contributed by atoms with E-state index < -0.39 is 4.92 Å². The van der Waals surface area contributed by atoms with E-state index in [1.54, 1.807) is 18.5 Å². The van der Waals surface area contributed by atoms with Gasteiger partial charge in [-0.1, -0.05) is 30.0 Å². The second-order valence-electron chi connectivity index (χ2n) is 7.32. The Morgan fingerprint density at radius 3 is 2.62 bits per heavy atom. The van der Waals surface area contributed by atoms with Gasteiger partial charge in [0.25, 0.3) is 5.69 Å². The second kappa shape index (κ2) is 8.93. The summed E-state index contributed by atoms with van der Waals surface area (Å²) in [4.78, 5) is 25.4. The van der Waals surface area contributed by atoms with Gasteiger partial charge >= 0.3 is 0 Å². The molecule has 0 radical (unpaired) electrons. The van der Waals surface area contributed by atoms with Crippen LogP contribution in [0.1, 0.15) is 25.5 Å². The van der Waals surface area contributed by atoms with Crippen LogP contribution >= 0.6 is 11.8 Å². The summed E-state index contributed by atoms with van der Waals surface area (Å²) in [6.45, 7) is 0.679. The Bertz CT molecular complexity index is 1240. The van der Waals surface area contributed by atoms with Gasteiger partial charge in [0.05, 0.1) is 4.92 Å². The summed E-state index contributed by atoms with van der Waals surface area (Å²) in [6.07, 6.45) is 4.28. The summed E-state index contributed by atoms with van der Waals surface area (Å²) >= 11 is 1.53. The third kappa shape index (κ3) is 4.14. The van der Waals surface area contributed by atoms with Crippen LogP contribution in [0, 0.1) is 10.1 Å². The van der Waals surface area contributed by atoms with Gasteiger partial charge in [-0.25, -0.2) is 15.0 Å².